The number of hydrogen-bond donors (Lipinski definition) is 2. The Labute approximate surface area is 77.6 Å². The summed E-state index contributed by atoms with van der Waals surface area (Å²) in [6.45, 7) is 3.34. The third-order valence-electron chi connectivity index (χ3n) is 1.84. The molecule has 0 aliphatic carbocycles. The average Bonchev–Trinajstić information content (AvgIpc) is 2.01. The van der Waals surface area contributed by atoms with E-state index in [1.807, 2.05) is 0 Å². The molecule has 0 aliphatic rings. The van der Waals surface area contributed by atoms with Gasteiger partial charge in [-0.25, -0.2) is 0 Å². The molecule has 0 atom stereocenters. The summed E-state index contributed by atoms with van der Waals surface area (Å²) in [4.78, 5) is 0. The fourth-order valence-corrected chi connectivity index (χ4v) is 1.19. The molecule has 1 aromatic carbocycles. The Hall–Kier alpha value is -1.22. The molecule has 0 saturated carbocycles. The zero-order valence-corrected chi connectivity index (χ0v) is 8.03. The molecule has 0 aliphatic heterocycles. The molecule has 0 fully saturated rings. The molecule has 72 valence electrons. The van der Waals surface area contributed by atoms with Crippen LogP contribution in [-0.4, -0.2) is 17.3 Å². The maximum Gasteiger partial charge on any atom is 0.128 e. The van der Waals surface area contributed by atoms with Gasteiger partial charge in [0.25, 0.3) is 0 Å². The van der Waals surface area contributed by atoms with Crippen LogP contribution in [0, 0.1) is 0 Å². The lowest BCUT2D eigenvalue weighted by Crippen LogP contribution is -2.16. The summed E-state index contributed by atoms with van der Waals surface area (Å²) in [5.74, 6) is 0.623. The molecule has 3 heteroatoms. The molecular weight excluding hydrogens is 168 g/mol. The Bertz CT molecular complexity index is 300. The Balaban J connectivity index is 3.22. The van der Waals surface area contributed by atoms with Gasteiger partial charge in [0.05, 0.1) is 12.7 Å². The van der Waals surface area contributed by atoms with Gasteiger partial charge in [-0.3, -0.25) is 0 Å². The lowest BCUT2D eigenvalue weighted by Gasteiger charge is -2.20. The van der Waals surface area contributed by atoms with E-state index in [-0.39, 0.29) is 5.75 Å². The van der Waals surface area contributed by atoms with Crippen molar-refractivity contribution in [3.05, 3.63) is 23.8 Å². The first-order valence-corrected chi connectivity index (χ1v) is 4.05. The summed E-state index contributed by atoms with van der Waals surface area (Å²) in [7, 11) is 1.50. The molecule has 0 saturated heterocycles. The predicted octanol–water partition coefficient (Wildman–Crippen LogP) is 1.63. The molecule has 0 aromatic heterocycles. The van der Waals surface area contributed by atoms with Crippen molar-refractivity contribution in [2.24, 2.45) is 0 Å². The van der Waals surface area contributed by atoms with Crippen molar-refractivity contribution >= 4 is 0 Å². The van der Waals surface area contributed by atoms with Gasteiger partial charge in [0.1, 0.15) is 11.5 Å². The SMILES string of the molecule is COc1cc(O)ccc1C(C)(C)O. The van der Waals surface area contributed by atoms with E-state index >= 15 is 0 Å². The minimum absolute atomic E-state index is 0.129. The number of benzene rings is 1. The molecule has 1 aromatic rings. The van der Waals surface area contributed by atoms with Gasteiger partial charge < -0.3 is 14.9 Å². The fourth-order valence-electron chi connectivity index (χ4n) is 1.19. The molecule has 0 radical (unpaired) electrons. The molecule has 0 spiro atoms. The normalized spacial score (nSPS) is 11.4. The summed E-state index contributed by atoms with van der Waals surface area (Å²) >= 11 is 0. The third kappa shape index (κ3) is 2.12. The van der Waals surface area contributed by atoms with Crippen LogP contribution in [0.25, 0.3) is 0 Å². The van der Waals surface area contributed by atoms with Crippen LogP contribution in [-0.2, 0) is 5.60 Å². The Morgan fingerprint density at radius 2 is 1.92 bits per heavy atom. The average molecular weight is 182 g/mol. The standard InChI is InChI=1S/C10H14O3/c1-10(2,12)8-5-4-7(11)6-9(8)13-3/h4-6,11-12H,1-3H3. The minimum atomic E-state index is -0.959. The lowest BCUT2D eigenvalue weighted by atomic mass is 9.97. The summed E-state index contributed by atoms with van der Waals surface area (Å²) in [5.41, 5.74) is -0.299. The number of rotatable bonds is 2. The van der Waals surface area contributed by atoms with Crippen LogP contribution in [0.2, 0.25) is 0 Å². The first kappa shape index (κ1) is 9.86. The van der Waals surface area contributed by atoms with Gasteiger partial charge in [0.2, 0.25) is 0 Å². The zero-order valence-electron chi connectivity index (χ0n) is 8.03. The molecule has 3 nitrogen and oxygen atoms in total. The molecule has 13 heavy (non-hydrogen) atoms. The minimum Gasteiger partial charge on any atom is -0.508 e. The van der Waals surface area contributed by atoms with E-state index in [0.717, 1.165) is 0 Å². The number of phenolic OH excluding ortho intramolecular Hbond substituents is 1. The van der Waals surface area contributed by atoms with E-state index in [2.05, 4.69) is 0 Å². The zero-order chi connectivity index (χ0) is 10.1. The fraction of sp³-hybridized carbons (Fsp3) is 0.400. The van der Waals surface area contributed by atoms with E-state index in [0.29, 0.717) is 11.3 Å². The van der Waals surface area contributed by atoms with E-state index in [1.54, 1.807) is 19.9 Å². The Morgan fingerprint density at radius 1 is 1.31 bits per heavy atom. The van der Waals surface area contributed by atoms with E-state index in [1.165, 1.54) is 19.2 Å². The maximum atomic E-state index is 9.73. The van der Waals surface area contributed by atoms with Crippen molar-refractivity contribution in [2.75, 3.05) is 7.11 Å². The van der Waals surface area contributed by atoms with Gasteiger partial charge in [0.15, 0.2) is 0 Å². The molecule has 0 amide bonds. The maximum absolute atomic E-state index is 9.73. The van der Waals surface area contributed by atoms with E-state index in [9.17, 15) is 10.2 Å². The van der Waals surface area contributed by atoms with E-state index < -0.39 is 5.60 Å². The summed E-state index contributed by atoms with van der Waals surface area (Å²) in [6.07, 6.45) is 0. The molecule has 0 bridgehead atoms. The number of hydrogen-bond acceptors (Lipinski definition) is 3. The largest absolute Gasteiger partial charge is 0.508 e. The van der Waals surface area contributed by atoms with Crippen LogP contribution in [0.5, 0.6) is 11.5 Å². The Morgan fingerprint density at radius 3 is 2.38 bits per heavy atom. The molecule has 0 heterocycles. The number of phenols is 1. The van der Waals surface area contributed by atoms with Crippen molar-refractivity contribution in [3.63, 3.8) is 0 Å². The highest BCUT2D eigenvalue weighted by Crippen LogP contribution is 2.31. The summed E-state index contributed by atoms with van der Waals surface area (Å²) in [5, 5.41) is 18.9. The quantitative estimate of drug-likeness (QED) is 0.730. The van der Waals surface area contributed by atoms with Crippen molar-refractivity contribution in [3.8, 4) is 11.5 Å². The number of ether oxygens (including phenoxy) is 1. The number of methoxy groups -OCH3 is 1. The first-order valence-electron chi connectivity index (χ1n) is 4.05. The third-order valence-corrected chi connectivity index (χ3v) is 1.84. The van der Waals surface area contributed by atoms with Gasteiger partial charge >= 0.3 is 0 Å². The highest BCUT2D eigenvalue weighted by Gasteiger charge is 2.20. The van der Waals surface area contributed by atoms with Crippen LogP contribution in [0.3, 0.4) is 0 Å². The van der Waals surface area contributed by atoms with Crippen LogP contribution < -0.4 is 4.74 Å². The van der Waals surface area contributed by atoms with Crippen LogP contribution in [0.15, 0.2) is 18.2 Å². The monoisotopic (exact) mass is 182 g/mol. The number of aliphatic hydroxyl groups is 1. The molecule has 0 unspecified atom stereocenters. The lowest BCUT2D eigenvalue weighted by molar-refractivity contribution is 0.0756. The van der Waals surface area contributed by atoms with Crippen molar-refractivity contribution in [1.29, 1.82) is 0 Å². The summed E-state index contributed by atoms with van der Waals surface area (Å²) < 4.78 is 5.03. The second-order valence-electron chi connectivity index (χ2n) is 3.44. The van der Waals surface area contributed by atoms with Crippen molar-refractivity contribution in [2.45, 2.75) is 19.4 Å². The van der Waals surface area contributed by atoms with Gasteiger partial charge in [-0.2, -0.15) is 0 Å². The van der Waals surface area contributed by atoms with Crippen molar-refractivity contribution < 1.29 is 14.9 Å². The highest BCUT2D eigenvalue weighted by atomic mass is 16.5. The second-order valence-corrected chi connectivity index (χ2v) is 3.44. The van der Waals surface area contributed by atoms with Gasteiger partial charge in [-0.1, -0.05) is 0 Å². The van der Waals surface area contributed by atoms with Gasteiger partial charge in [-0.15, -0.1) is 0 Å². The van der Waals surface area contributed by atoms with Crippen LogP contribution >= 0.6 is 0 Å². The molecule has 2 N–H and O–H groups in total. The second kappa shape index (κ2) is 3.26. The van der Waals surface area contributed by atoms with Crippen LogP contribution in [0.1, 0.15) is 19.4 Å². The number of aromatic hydroxyl groups is 1. The predicted molar refractivity (Wildman–Crippen MR) is 49.9 cm³/mol. The van der Waals surface area contributed by atoms with Gasteiger partial charge in [-0.05, 0) is 26.0 Å². The Kier molecular flexibility index (Phi) is 2.48. The highest BCUT2D eigenvalue weighted by molar-refractivity contribution is 5.42. The topological polar surface area (TPSA) is 49.7 Å². The molecule has 1 rings (SSSR count). The first-order chi connectivity index (χ1) is 5.95. The van der Waals surface area contributed by atoms with Crippen LogP contribution in [0.4, 0.5) is 0 Å². The molecular formula is C10H14O3. The van der Waals surface area contributed by atoms with Gasteiger partial charge in [0, 0.05) is 11.6 Å². The van der Waals surface area contributed by atoms with E-state index in [4.69, 9.17) is 4.74 Å². The summed E-state index contributed by atoms with van der Waals surface area (Å²) in [6, 6.07) is 4.65. The van der Waals surface area contributed by atoms with Crippen molar-refractivity contribution in [1.82, 2.24) is 0 Å². The smallest absolute Gasteiger partial charge is 0.128 e.